The van der Waals surface area contributed by atoms with Crippen molar-refractivity contribution in [2.75, 3.05) is 24.2 Å². The summed E-state index contributed by atoms with van der Waals surface area (Å²) in [6, 6.07) is 11.8. The van der Waals surface area contributed by atoms with Gasteiger partial charge in [-0.05, 0) is 42.3 Å². The van der Waals surface area contributed by atoms with Crippen LogP contribution in [0.2, 0.25) is 5.02 Å². The number of sulfonamides is 1. The summed E-state index contributed by atoms with van der Waals surface area (Å²) < 4.78 is 36.7. The third-order valence-electron chi connectivity index (χ3n) is 4.73. The predicted molar refractivity (Wildman–Crippen MR) is 112 cm³/mol. The van der Waals surface area contributed by atoms with Crippen molar-refractivity contribution < 1.29 is 22.7 Å². The van der Waals surface area contributed by atoms with Crippen LogP contribution in [0.15, 0.2) is 42.5 Å². The second-order valence-corrected chi connectivity index (χ2v) is 9.10. The molecule has 0 unspecified atom stereocenters. The number of nitrogens with zero attached hydrogens (tertiary/aromatic N) is 1. The molecule has 29 heavy (non-hydrogen) atoms. The van der Waals surface area contributed by atoms with Crippen LogP contribution in [0.1, 0.15) is 24.9 Å². The van der Waals surface area contributed by atoms with Crippen LogP contribution < -0.4 is 19.1 Å². The van der Waals surface area contributed by atoms with Crippen molar-refractivity contribution in [3.05, 3.63) is 53.1 Å². The number of rotatable bonds is 6. The van der Waals surface area contributed by atoms with Gasteiger partial charge in [0.2, 0.25) is 10.0 Å². The molecule has 0 fully saturated rings. The molecule has 1 aliphatic rings. The van der Waals surface area contributed by atoms with E-state index in [2.05, 4.69) is 5.32 Å². The van der Waals surface area contributed by atoms with E-state index in [0.717, 1.165) is 21.9 Å². The molecule has 1 N–H and O–H groups in total. The summed E-state index contributed by atoms with van der Waals surface area (Å²) in [6.45, 7) is 1.83. The van der Waals surface area contributed by atoms with E-state index in [4.69, 9.17) is 21.1 Å². The maximum atomic E-state index is 12.9. The minimum Gasteiger partial charge on any atom is -0.497 e. The van der Waals surface area contributed by atoms with Gasteiger partial charge in [0.05, 0.1) is 31.6 Å². The summed E-state index contributed by atoms with van der Waals surface area (Å²) >= 11 is 6.00. The Kier molecular flexibility index (Phi) is 6.24. The second-order valence-electron chi connectivity index (χ2n) is 6.76. The third kappa shape index (κ3) is 4.76. The van der Waals surface area contributed by atoms with Crippen LogP contribution in [0.4, 0.5) is 5.69 Å². The highest BCUT2D eigenvalue weighted by Gasteiger charge is 2.35. The van der Waals surface area contributed by atoms with E-state index in [1.165, 1.54) is 6.07 Å². The fraction of sp³-hybridized carbons (Fsp3) is 0.350. The molecule has 2 atom stereocenters. The number of methoxy groups -OCH3 is 1. The number of hydrogen-bond donors (Lipinski definition) is 1. The van der Waals surface area contributed by atoms with Gasteiger partial charge in [0, 0.05) is 5.02 Å². The largest absolute Gasteiger partial charge is 0.497 e. The van der Waals surface area contributed by atoms with Gasteiger partial charge in [-0.15, -0.1) is 0 Å². The van der Waals surface area contributed by atoms with Crippen molar-refractivity contribution in [1.82, 2.24) is 5.32 Å². The smallest absolute Gasteiger partial charge is 0.263 e. The van der Waals surface area contributed by atoms with E-state index in [0.29, 0.717) is 22.9 Å². The molecule has 2 aromatic carbocycles. The van der Waals surface area contributed by atoms with Crippen molar-refractivity contribution >= 4 is 33.2 Å². The molecule has 1 amide bonds. The average molecular weight is 439 g/mol. The highest BCUT2D eigenvalue weighted by molar-refractivity contribution is 7.92. The maximum Gasteiger partial charge on any atom is 0.263 e. The molecule has 0 spiro atoms. The summed E-state index contributed by atoms with van der Waals surface area (Å²) in [6.07, 6.45) is 0.766. The van der Waals surface area contributed by atoms with Crippen molar-refractivity contribution in [3.63, 3.8) is 0 Å². The van der Waals surface area contributed by atoms with Gasteiger partial charge in [0.1, 0.15) is 11.5 Å². The van der Waals surface area contributed by atoms with Gasteiger partial charge in [0.25, 0.3) is 5.91 Å². The number of halogens is 1. The first-order valence-electron chi connectivity index (χ1n) is 9.11. The molecule has 1 aliphatic heterocycles. The molecular weight excluding hydrogens is 416 g/mol. The number of benzene rings is 2. The lowest BCUT2D eigenvalue weighted by molar-refractivity contribution is -0.128. The fourth-order valence-electron chi connectivity index (χ4n) is 3.20. The monoisotopic (exact) mass is 438 g/mol. The Morgan fingerprint density at radius 2 is 2.00 bits per heavy atom. The van der Waals surface area contributed by atoms with Crippen molar-refractivity contribution in [1.29, 1.82) is 0 Å². The topological polar surface area (TPSA) is 84.9 Å². The molecule has 0 bridgehead atoms. The predicted octanol–water partition coefficient (Wildman–Crippen LogP) is 3.14. The molecular formula is C20H23ClN2O5S. The standard InChI is InChI=1S/C20H23ClN2O5S/c1-4-16(13-5-8-15(27-2)9-6-13)22-20(24)19-12-23(29(3,25)26)17-11-14(21)7-10-18(17)28-19/h5-11,16,19H,4,12H2,1-3H3,(H,22,24)/t16-,19-/m1/s1. The van der Waals surface area contributed by atoms with Gasteiger partial charge in [0.15, 0.2) is 6.10 Å². The van der Waals surface area contributed by atoms with Gasteiger partial charge in [-0.3, -0.25) is 9.10 Å². The highest BCUT2D eigenvalue weighted by atomic mass is 35.5. The maximum absolute atomic E-state index is 12.9. The summed E-state index contributed by atoms with van der Waals surface area (Å²) in [7, 11) is -2.03. The van der Waals surface area contributed by atoms with Gasteiger partial charge < -0.3 is 14.8 Å². The summed E-state index contributed by atoms with van der Waals surface area (Å²) in [5, 5.41) is 3.34. The molecule has 0 saturated heterocycles. The lowest BCUT2D eigenvalue weighted by Crippen LogP contribution is -2.51. The van der Waals surface area contributed by atoms with E-state index in [-0.39, 0.29) is 18.5 Å². The minimum absolute atomic E-state index is 0.128. The van der Waals surface area contributed by atoms with Crippen LogP contribution in [0, 0.1) is 0 Å². The molecule has 156 valence electrons. The van der Waals surface area contributed by atoms with Crippen LogP contribution in [-0.4, -0.2) is 40.3 Å². The Labute approximate surface area is 175 Å². The fourth-order valence-corrected chi connectivity index (χ4v) is 4.27. The summed E-state index contributed by atoms with van der Waals surface area (Å²) in [5.74, 6) is 0.634. The number of anilines is 1. The van der Waals surface area contributed by atoms with Crippen molar-refractivity contribution in [2.24, 2.45) is 0 Å². The number of amides is 1. The lowest BCUT2D eigenvalue weighted by Gasteiger charge is -2.34. The number of carbonyl (C=O) groups excluding carboxylic acids is 1. The van der Waals surface area contributed by atoms with E-state index in [1.54, 1.807) is 19.2 Å². The van der Waals surface area contributed by atoms with Crippen LogP contribution in [0.25, 0.3) is 0 Å². The van der Waals surface area contributed by atoms with E-state index in [1.807, 2.05) is 31.2 Å². The number of carbonyl (C=O) groups is 1. The summed E-state index contributed by atoms with van der Waals surface area (Å²) in [4.78, 5) is 12.9. The molecule has 0 aromatic heterocycles. The first kappa shape index (κ1) is 21.3. The van der Waals surface area contributed by atoms with Crippen molar-refractivity contribution in [3.8, 4) is 11.5 Å². The Morgan fingerprint density at radius 1 is 1.31 bits per heavy atom. The third-order valence-corrected chi connectivity index (χ3v) is 6.11. The Hall–Kier alpha value is -2.45. The van der Waals surface area contributed by atoms with Crippen LogP contribution >= 0.6 is 11.6 Å². The first-order valence-corrected chi connectivity index (χ1v) is 11.3. The number of fused-ring (bicyclic) bond motifs is 1. The molecule has 0 saturated carbocycles. The molecule has 7 nitrogen and oxygen atoms in total. The molecule has 0 radical (unpaired) electrons. The number of nitrogens with one attached hydrogen (secondary N) is 1. The number of ether oxygens (including phenoxy) is 2. The molecule has 3 rings (SSSR count). The first-order chi connectivity index (χ1) is 13.7. The van der Waals surface area contributed by atoms with Gasteiger partial charge in [-0.2, -0.15) is 0 Å². The lowest BCUT2D eigenvalue weighted by atomic mass is 10.0. The number of hydrogen-bond acceptors (Lipinski definition) is 5. The molecule has 1 heterocycles. The normalized spacial score (nSPS) is 17.1. The van der Waals surface area contributed by atoms with Gasteiger partial charge in [-0.1, -0.05) is 30.7 Å². The zero-order valence-corrected chi connectivity index (χ0v) is 18.0. The zero-order valence-electron chi connectivity index (χ0n) is 16.4. The Bertz CT molecular complexity index is 994. The Morgan fingerprint density at radius 3 is 2.59 bits per heavy atom. The van der Waals surface area contributed by atoms with Crippen molar-refractivity contribution in [2.45, 2.75) is 25.5 Å². The zero-order chi connectivity index (χ0) is 21.2. The van der Waals surface area contributed by atoms with E-state index in [9.17, 15) is 13.2 Å². The SMILES string of the molecule is CC[C@@H](NC(=O)[C@H]1CN(S(C)(=O)=O)c2cc(Cl)ccc2O1)c1ccc(OC)cc1. The van der Waals surface area contributed by atoms with Crippen LogP contribution in [0.5, 0.6) is 11.5 Å². The highest BCUT2D eigenvalue weighted by Crippen LogP contribution is 2.37. The molecule has 0 aliphatic carbocycles. The average Bonchev–Trinajstić information content (AvgIpc) is 2.70. The molecule has 2 aromatic rings. The second kappa shape index (κ2) is 8.51. The van der Waals surface area contributed by atoms with Gasteiger partial charge in [-0.25, -0.2) is 8.42 Å². The molecule has 9 heteroatoms. The van der Waals surface area contributed by atoms with Crippen LogP contribution in [0.3, 0.4) is 0 Å². The van der Waals surface area contributed by atoms with Gasteiger partial charge >= 0.3 is 0 Å². The Balaban J connectivity index is 1.82. The van der Waals surface area contributed by atoms with E-state index >= 15 is 0 Å². The quantitative estimate of drug-likeness (QED) is 0.748. The summed E-state index contributed by atoms with van der Waals surface area (Å²) in [5.41, 5.74) is 1.25. The van der Waals surface area contributed by atoms with Crippen LogP contribution in [-0.2, 0) is 14.8 Å². The van der Waals surface area contributed by atoms with E-state index < -0.39 is 16.1 Å². The minimum atomic E-state index is -3.62.